The molecule has 0 aromatic rings. The zero-order valence-corrected chi connectivity index (χ0v) is 20.2. The molecule has 29 heavy (non-hydrogen) atoms. The summed E-state index contributed by atoms with van der Waals surface area (Å²) in [4.78, 5) is 11.0. The van der Waals surface area contributed by atoms with Gasteiger partial charge >= 0.3 is 5.97 Å². The van der Waals surface area contributed by atoms with E-state index in [-0.39, 0.29) is 12.5 Å². The maximum absolute atomic E-state index is 11.0. The molecule has 0 amide bonds. The van der Waals surface area contributed by atoms with Crippen LogP contribution in [0.4, 0.5) is 0 Å². The van der Waals surface area contributed by atoms with Crippen molar-refractivity contribution >= 4 is 5.97 Å². The van der Waals surface area contributed by atoms with E-state index in [0.29, 0.717) is 6.61 Å². The second kappa shape index (κ2) is 19.4. The molecule has 174 valence electrons. The lowest BCUT2D eigenvalue weighted by Gasteiger charge is -2.28. The van der Waals surface area contributed by atoms with Crippen molar-refractivity contribution in [1.82, 2.24) is 0 Å². The molecule has 0 spiro atoms. The van der Waals surface area contributed by atoms with E-state index in [9.17, 15) is 4.79 Å². The number of carboxylic acids is 1. The van der Waals surface area contributed by atoms with Crippen molar-refractivity contribution in [2.45, 2.75) is 122 Å². The fraction of sp³-hybridized carbons (Fsp3) is 0.960. The quantitative estimate of drug-likeness (QED) is 0.156. The number of rotatable bonds is 22. The van der Waals surface area contributed by atoms with E-state index >= 15 is 0 Å². The smallest absolute Gasteiger partial charge is 0.306 e. The lowest BCUT2D eigenvalue weighted by Crippen LogP contribution is -2.43. The third kappa shape index (κ3) is 23.5. The number of carboxylic acid groups (broad SMARTS) is 1. The van der Waals surface area contributed by atoms with Crippen molar-refractivity contribution in [3.8, 4) is 0 Å². The fourth-order valence-corrected chi connectivity index (χ4v) is 3.88. The number of hydrogen-bond acceptors (Lipinski definition) is 2. The molecule has 1 N–H and O–H groups in total. The van der Waals surface area contributed by atoms with Crippen LogP contribution in [0.2, 0.25) is 0 Å². The molecular formula is C25H52NO3+. The fourth-order valence-electron chi connectivity index (χ4n) is 3.88. The van der Waals surface area contributed by atoms with Crippen LogP contribution in [0.3, 0.4) is 0 Å². The topological polar surface area (TPSA) is 46.5 Å². The van der Waals surface area contributed by atoms with Crippen molar-refractivity contribution in [1.29, 1.82) is 0 Å². The minimum absolute atomic E-state index is 0.106. The highest BCUT2D eigenvalue weighted by Gasteiger charge is 2.21. The maximum Gasteiger partial charge on any atom is 0.306 e. The molecule has 0 aromatic heterocycles. The Bertz CT molecular complexity index is 366. The van der Waals surface area contributed by atoms with Gasteiger partial charge in [-0.3, -0.25) is 4.79 Å². The summed E-state index contributed by atoms with van der Waals surface area (Å²) in [5, 5.41) is 9.04. The summed E-state index contributed by atoms with van der Waals surface area (Å²) in [5.41, 5.74) is 0. The Morgan fingerprint density at radius 1 is 0.724 bits per heavy atom. The molecule has 0 radical (unpaired) electrons. The van der Waals surface area contributed by atoms with Crippen LogP contribution in [0.5, 0.6) is 0 Å². The predicted molar refractivity (Wildman–Crippen MR) is 124 cm³/mol. The SMILES string of the molecule is CCCCCCCCCCCCCCCCCCO[C@H](CC(=O)O)C[N+](C)(C)C. The van der Waals surface area contributed by atoms with Crippen LogP contribution >= 0.6 is 0 Å². The summed E-state index contributed by atoms with van der Waals surface area (Å²) < 4.78 is 6.58. The molecule has 0 aromatic carbocycles. The molecule has 4 heteroatoms. The molecular weight excluding hydrogens is 362 g/mol. The number of likely N-dealkylation sites (N-methyl/N-ethyl adjacent to an activating group) is 1. The van der Waals surface area contributed by atoms with Gasteiger partial charge in [-0.05, 0) is 6.42 Å². The van der Waals surface area contributed by atoms with Gasteiger partial charge in [0.2, 0.25) is 0 Å². The van der Waals surface area contributed by atoms with Crippen molar-refractivity contribution in [3.05, 3.63) is 0 Å². The van der Waals surface area contributed by atoms with Gasteiger partial charge in [-0.25, -0.2) is 0 Å². The molecule has 0 heterocycles. The summed E-state index contributed by atoms with van der Waals surface area (Å²) >= 11 is 0. The lowest BCUT2D eigenvalue weighted by molar-refractivity contribution is -0.873. The van der Waals surface area contributed by atoms with Gasteiger partial charge in [0.15, 0.2) is 0 Å². The van der Waals surface area contributed by atoms with Gasteiger partial charge < -0.3 is 14.3 Å². The highest BCUT2D eigenvalue weighted by atomic mass is 16.5. The minimum atomic E-state index is -0.768. The summed E-state index contributed by atoms with van der Waals surface area (Å²) in [7, 11) is 6.23. The van der Waals surface area contributed by atoms with Crippen LogP contribution in [-0.2, 0) is 9.53 Å². The van der Waals surface area contributed by atoms with Crippen LogP contribution in [0.25, 0.3) is 0 Å². The second-order valence-electron chi connectivity index (χ2n) is 9.87. The van der Waals surface area contributed by atoms with E-state index in [1.165, 1.54) is 96.3 Å². The summed E-state index contributed by atoms with van der Waals surface area (Å²) in [6, 6.07) is 0. The number of hydrogen-bond donors (Lipinski definition) is 1. The largest absolute Gasteiger partial charge is 0.481 e. The number of aliphatic carboxylic acids is 1. The van der Waals surface area contributed by atoms with Gasteiger partial charge in [-0.15, -0.1) is 0 Å². The minimum Gasteiger partial charge on any atom is -0.481 e. The molecule has 0 aliphatic heterocycles. The number of quaternary nitrogens is 1. The first-order valence-corrected chi connectivity index (χ1v) is 12.5. The molecule has 0 fully saturated rings. The first-order valence-electron chi connectivity index (χ1n) is 12.5. The molecule has 0 aliphatic carbocycles. The third-order valence-corrected chi connectivity index (χ3v) is 5.51. The van der Waals surface area contributed by atoms with Crippen LogP contribution in [0, 0.1) is 0 Å². The van der Waals surface area contributed by atoms with Gasteiger partial charge in [0.1, 0.15) is 12.6 Å². The second-order valence-corrected chi connectivity index (χ2v) is 9.87. The zero-order valence-electron chi connectivity index (χ0n) is 20.2. The molecule has 0 bridgehead atoms. The van der Waals surface area contributed by atoms with Crippen molar-refractivity contribution in [2.75, 3.05) is 34.3 Å². The molecule has 0 aliphatic rings. The van der Waals surface area contributed by atoms with Crippen LogP contribution in [0.1, 0.15) is 116 Å². The maximum atomic E-state index is 11.0. The average molecular weight is 415 g/mol. The van der Waals surface area contributed by atoms with E-state index in [0.717, 1.165) is 17.4 Å². The Balaban J connectivity index is 3.38. The normalized spacial score (nSPS) is 13.0. The number of carbonyl (C=O) groups is 1. The van der Waals surface area contributed by atoms with Gasteiger partial charge in [0.05, 0.1) is 27.6 Å². The lowest BCUT2D eigenvalue weighted by atomic mass is 10.0. The standard InChI is InChI=1S/C25H51NO3/c1-5-6-7-8-9-10-11-12-13-14-15-16-17-18-19-20-21-29-24(22-25(27)28)23-26(2,3)4/h24H,5-23H2,1-4H3/p+1/t24-/m1/s1. The van der Waals surface area contributed by atoms with Crippen LogP contribution < -0.4 is 0 Å². The Kier molecular flexibility index (Phi) is 19.0. The molecule has 4 nitrogen and oxygen atoms in total. The Hall–Kier alpha value is -0.610. The van der Waals surface area contributed by atoms with Crippen molar-refractivity contribution in [3.63, 3.8) is 0 Å². The van der Waals surface area contributed by atoms with E-state index < -0.39 is 5.97 Å². The van der Waals surface area contributed by atoms with Crippen molar-refractivity contribution < 1.29 is 19.1 Å². The van der Waals surface area contributed by atoms with E-state index in [4.69, 9.17) is 9.84 Å². The van der Waals surface area contributed by atoms with Gasteiger partial charge in [-0.1, -0.05) is 103 Å². The summed E-state index contributed by atoms with van der Waals surface area (Å²) in [6.45, 7) is 3.71. The Labute approximate surface area is 182 Å². The summed E-state index contributed by atoms with van der Waals surface area (Å²) in [6.07, 6.45) is 21.7. The third-order valence-electron chi connectivity index (χ3n) is 5.51. The van der Waals surface area contributed by atoms with E-state index in [1.807, 2.05) is 0 Å². The van der Waals surface area contributed by atoms with Crippen LogP contribution in [0.15, 0.2) is 0 Å². The highest BCUT2D eigenvalue weighted by Crippen LogP contribution is 2.14. The number of unbranched alkanes of at least 4 members (excludes halogenated alkanes) is 15. The monoisotopic (exact) mass is 414 g/mol. The van der Waals surface area contributed by atoms with Crippen molar-refractivity contribution in [2.24, 2.45) is 0 Å². The Morgan fingerprint density at radius 3 is 1.45 bits per heavy atom. The Morgan fingerprint density at radius 2 is 1.10 bits per heavy atom. The predicted octanol–water partition coefficient (Wildman–Crippen LogP) is 6.81. The summed E-state index contributed by atoms with van der Waals surface area (Å²) in [5.74, 6) is -0.768. The van der Waals surface area contributed by atoms with Gasteiger partial charge in [0, 0.05) is 6.61 Å². The molecule has 0 unspecified atom stereocenters. The zero-order chi connectivity index (χ0) is 21.8. The van der Waals surface area contributed by atoms with Gasteiger partial charge in [-0.2, -0.15) is 0 Å². The van der Waals surface area contributed by atoms with Gasteiger partial charge in [0.25, 0.3) is 0 Å². The molecule has 0 rings (SSSR count). The average Bonchev–Trinajstić information content (AvgIpc) is 2.62. The number of nitrogens with zero attached hydrogens (tertiary/aromatic N) is 1. The van der Waals surface area contributed by atoms with Crippen LogP contribution in [-0.4, -0.2) is 56.0 Å². The van der Waals surface area contributed by atoms with E-state index in [2.05, 4.69) is 28.1 Å². The molecule has 1 atom stereocenters. The highest BCUT2D eigenvalue weighted by molar-refractivity contribution is 5.67. The van der Waals surface area contributed by atoms with E-state index in [1.54, 1.807) is 0 Å². The first kappa shape index (κ1) is 28.4. The molecule has 0 saturated carbocycles. The number of ether oxygens (including phenoxy) is 1. The first-order chi connectivity index (χ1) is 13.8. The molecule has 0 saturated heterocycles.